The Labute approximate surface area is 152 Å². The lowest BCUT2D eigenvalue weighted by Gasteiger charge is -2.35. The van der Waals surface area contributed by atoms with Crippen LogP contribution in [-0.4, -0.2) is 47.0 Å². The van der Waals surface area contributed by atoms with E-state index in [2.05, 4.69) is 28.1 Å². The van der Waals surface area contributed by atoms with Crippen LogP contribution in [0.15, 0.2) is 60.9 Å². The second-order valence-corrected chi connectivity index (χ2v) is 5.88. The summed E-state index contributed by atoms with van der Waals surface area (Å²) in [5.74, 6) is 1.02. The number of anilines is 1. The molecule has 1 amide bonds. The highest BCUT2D eigenvalue weighted by Crippen LogP contribution is 2.19. The van der Waals surface area contributed by atoms with Crippen molar-refractivity contribution in [2.75, 3.05) is 31.1 Å². The van der Waals surface area contributed by atoms with Gasteiger partial charge in [0.05, 0.1) is 11.1 Å². The normalized spacial score (nSPS) is 14.2. The van der Waals surface area contributed by atoms with E-state index in [0.717, 1.165) is 29.8 Å². The Hall–Kier alpha value is -2.66. The van der Waals surface area contributed by atoms with Crippen molar-refractivity contribution in [2.24, 2.45) is 0 Å². The molecular weight excluding hydrogens is 336 g/mol. The lowest BCUT2D eigenvalue weighted by atomic mass is 10.2. The molecule has 0 spiro atoms. The van der Waals surface area contributed by atoms with Gasteiger partial charge in [0.2, 0.25) is 0 Å². The van der Waals surface area contributed by atoms with Crippen LogP contribution in [0, 0.1) is 0 Å². The van der Waals surface area contributed by atoms with Crippen LogP contribution in [-0.2, 0) is 0 Å². The van der Waals surface area contributed by atoms with Crippen LogP contribution in [0.25, 0.3) is 10.9 Å². The highest BCUT2D eigenvalue weighted by molar-refractivity contribution is 5.94. The molecule has 0 aliphatic carbocycles. The van der Waals surface area contributed by atoms with Gasteiger partial charge in [0.25, 0.3) is 5.91 Å². The van der Waals surface area contributed by atoms with Gasteiger partial charge in [-0.25, -0.2) is 4.98 Å². The van der Waals surface area contributed by atoms with Gasteiger partial charge < -0.3 is 9.80 Å². The molecule has 0 N–H and O–H groups in total. The zero-order valence-electron chi connectivity index (χ0n) is 13.7. The number of amides is 1. The van der Waals surface area contributed by atoms with Crippen LogP contribution in [0.5, 0.6) is 0 Å². The molecule has 1 aliphatic rings. The molecule has 1 aliphatic heterocycles. The van der Waals surface area contributed by atoms with Crippen molar-refractivity contribution >= 4 is 35.0 Å². The minimum Gasteiger partial charge on any atom is -0.353 e. The first kappa shape index (κ1) is 17.2. The van der Waals surface area contributed by atoms with E-state index >= 15 is 0 Å². The summed E-state index contributed by atoms with van der Waals surface area (Å²) in [5.41, 5.74) is 1.65. The molecule has 1 fully saturated rings. The number of carbonyl (C=O) groups excluding carboxylic acids is 1. The molecule has 0 unspecified atom stereocenters. The Kier molecular flexibility index (Phi) is 5.14. The maximum atomic E-state index is 12.5. The van der Waals surface area contributed by atoms with Gasteiger partial charge in [0, 0.05) is 44.0 Å². The molecule has 0 saturated carbocycles. The van der Waals surface area contributed by atoms with Crippen molar-refractivity contribution in [3.8, 4) is 0 Å². The van der Waals surface area contributed by atoms with Crippen LogP contribution in [0.4, 0.5) is 5.82 Å². The monoisotopic (exact) mass is 354 g/mol. The Morgan fingerprint density at radius 3 is 2.48 bits per heavy atom. The Morgan fingerprint density at radius 2 is 1.72 bits per heavy atom. The zero-order valence-corrected chi connectivity index (χ0v) is 14.5. The molecule has 3 heterocycles. The van der Waals surface area contributed by atoms with Crippen molar-refractivity contribution in [1.82, 2.24) is 14.9 Å². The molecule has 128 valence electrons. The minimum atomic E-state index is 0. The van der Waals surface area contributed by atoms with Gasteiger partial charge in [-0.05, 0) is 30.3 Å². The topological polar surface area (TPSA) is 49.3 Å². The average molecular weight is 355 g/mol. The molecule has 0 atom stereocenters. The largest absolute Gasteiger partial charge is 0.353 e. The zero-order chi connectivity index (χ0) is 16.4. The number of rotatable bonds is 2. The summed E-state index contributed by atoms with van der Waals surface area (Å²) in [6, 6.07) is 15.9. The Balaban J connectivity index is 0.00000182. The minimum absolute atomic E-state index is 0. The third-order valence-corrected chi connectivity index (χ3v) is 4.38. The fraction of sp³-hybridized carbons (Fsp3) is 0.211. The van der Waals surface area contributed by atoms with Crippen LogP contribution >= 0.6 is 12.4 Å². The third kappa shape index (κ3) is 3.56. The smallest absolute Gasteiger partial charge is 0.255 e. The van der Waals surface area contributed by atoms with E-state index in [0.29, 0.717) is 18.7 Å². The lowest BCUT2D eigenvalue weighted by molar-refractivity contribution is 0.0746. The fourth-order valence-corrected chi connectivity index (χ4v) is 3.04. The highest BCUT2D eigenvalue weighted by Gasteiger charge is 2.22. The van der Waals surface area contributed by atoms with Crippen LogP contribution in [0.3, 0.4) is 0 Å². The standard InChI is InChI=1S/C19H18N4O.ClH/c24-19(16-5-3-9-20-14-16)23-12-10-22(11-13-23)18-8-7-15-4-1-2-6-17(15)21-18;/h1-9,14H,10-13H2;1H. The first-order valence-electron chi connectivity index (χ1n) is 8.11. The predicted octanol–water partition coefficient (Wildman–Crippen LogP) is 3.01. The van der Waals surface area contributed by atoms with E-state index < -0.39 is 0 Å². The predicted molar refractivity (Wildman–Crippen MR) is 101 cm³/mol. The van der Waals surface area contributed by atoms with Crippen molar-refractivity contribution in [2.45, 2.75) is 0 Å². The molecule has 25 heavy (non-hydrogen) atoms. The molecular formula is C19H19ClN4O. The van der Waals surface area contributed by atoms with Gasteiger partial charge in [-0.1, -0.05) is 18.2 Å². The number of aromatic nitrogens is 2. The first-order chi connectivity index (χ1) is 11.8. The quantitative estimate of drug-likeness (QED) is 0.709. The summed E-state index contributed by atoms with van der Waals surface area (Å²) in [7, 11) is 0. The Bertz CT molecular complexity index is 863. The van der Waals surface area contributed by atoms with Crippen LogP contribution < -0.4 is 4.90 Å². The highest BCUT2D eigenvalue weighted by atomic mass is 35.5. The van der Waals surface area contributed by atoms with Gasteiger partial charge in [-0.3, -0.25) is 9.78 Å². The third-order valence-electron chi connectivity index (χ3n) is 4.38. The molecule has 6 heteroatoms. The van der Waals surface area contributed by atoms with E-state index in [1.807, 2.05) is 29.2 Å². The number of hydrogen-bond donors (Lipinski definition) is 0. The Morgan fingerprint density at radius 1 is 0.920 bits per heavy atom. The number of piperazine rings is 1. The molecule has 1 saturated heterocycles. The van der Waals surface area contributed by atoms with E-state index in [-0.39, 0.29) is 18.3 Å². The molecule has 0 bridgehead atoms. The molecule has 0 radical (unpaired) electrons. The second-order valence-electron chi connectivity index (χ2n) is 5.88. The average Bonchev–Trinajstić information content (AvgIpc) is 2.68. The number of hydrogen-bond acceptors (Lipinski definition) is 4. The fourth-order valence-electron chi connectivity index (χ4n) is 3.04. The molecule has 4 rings (SSSR count). The first-order valence-corrected chi connectivity index (χ1v) is 8.11. The number of fused-ring (bicyclic) bond motifs is 1. The summed E-state index contributed by atoms with van der Waals surface area (Å²) < 4.78 is 0. The van der Waals surface area contributed by atoms with E-state index in [9.17, 15) is 4.79 Å². The summed E-state index contributed by atoms with van der Waals surface area (Å²) >= 11 is 0. The molecule has 1 aromatic carbocycles. The lowest BCUT2D eigenvalue weighted by Crippen LogP contribution is -2.49. The van der Waals surface area contributed by atoms with Crippen molar-refractivity contribution in [3.05, 3.63) is 66.5 Å². The number of nitrogens with zero attached hydrogens (tertiary/aromatic N) is 4. The van der Waals surface area contributed by atoms with Gasteiger partial charge >= 0.3 is 0 Å². The maximum absolute atomic E-state index is 12.5. The molecule has 3 aromatic rings. The molecule has 5 nitrogen and oxygen atoms in total. The maximum Gasteiger partial charge on any atom is 0.255 e. The number of pyridine rings is 2. The van der Waals surface area contributed by atoms with E-state index in [4.69, 9.17) is 4.98 Å². The summed E-state index contributed by atoms with van der Waals surface area (Å²) in [6.07, 6.45) is 3.31. The summed E-state index contributed by atoms with van der Waals surface area (Å²) in [4.78, 5) is 25.4. The van der Waals surface area contributed by atoms with Gasteiger partial charge in [-0.2, -0.15) is 0 Å². The summed E-state index contributed by atoms with van der Waals surface area (Å²) in [6.45, 7) is 2.97. The molecule has 2 aromatic heterocycles. The van der Waals surface area contributed by atoms with E-state index in [1.165, 1.54) is 0 Å². The number of para-hydroxylation sites is 1. The number of benzene rings is 1. The van der Waals surface area contributed by atoms with Gasteiger partial charge in [-0.15, -0.1) is 12.4 Å². The van der Waals surface area contributed by atoms with Gasteiger partial charge in [0.15, 0.2) is 0 Å². The van der Waals surface area contributed by atoms with Gasteiger partial charge in [0.1, 0.15) is 5.82 Å². The van der Waals surface area contributed by atoms with Crippen molar-refractivity contribution < 1.29 is 4.79 Å². The van der Waals surface area contributed by atoms with E-state index in [1.54, 1.807) is 18.5 Å². The van der Waals surface area contributed by atoms with Crippen LogP contribution in [0.2, 0.25) is 0 Å². The second kappa shape index (κ2) is 7.49. The van der Waals surface area contributed by atoms with Crippen molar-refractivity contribution in [3.63, 3.8) is 0 Å². The number of carbonyl (C=O) groups is 1. The summed E-state index contributed by atoms with van der Waals surface area (Å²) in [5, 5.41) is 1.15. The van der Waals surface area contributed by atoms with Crippen molar-refractivity contribution in [1.29, 1.82) is 0 Å². The number of halogens is 1. The van der Waals surface area contributed by atoms with Crippen LogP contribution in [0.1, 0.15) is 10.4 Å². The SMILES string of the molecule is Cl.O=C(c1cccnc1)N1CCN(c2ccc3ccccc3n2)CC1.